The van der Waals surface area contributed by atoms with Crippen molar-refractivity contribution >= 4 is 0 Å². The number of fused-ring (bicyclic) bond motifs is 7. The van der Waals surface area contributed by atoms with Gasteiger partial charge in [-0.3, -0.25) is 0 Å². The topological polar surface area (TPSA) is 23.5 Å². The van der Waals surface area contributed by atoms with Crippen molar-refractivity contribution in [2.45, 2.75) is 31.3 Å². The highest BCUT2D eigenvalue weighted by atomic mass is 16.5. The van der Waals surface area contributed by atoms with E-state index in [0.29, 0.717) is 0 Å². The van der Waals surface area contributed by atoms with E-state index in [9.17, 15) is 5.21 Å². The van der Waals surface area contributed by atoms with Crippen LogP contribution in [0.25, 0.3) is 0 Å². The summed E-state index contributed by atoms with van der Waals surface area (Å²) in [4.78, 5) is 0. The molecule has 2 bridgehead atoms. The number of rotatable bonds is 1. The van der Waals surface area contributed by atoms with Crippen LogP contribution in [0.3, 0.4) is 0 Å². The molecule has 2 nitrogen and oxygen atoms in total. The van der Waals surface area contributed by atoms with Gasteiger partial charge < -0.3 is 5.21 Å². The highest BCUT2D eigenvalue weighted by Crippen LogP contribution is 2.55. The third-order valence-corrected chi connectivity index (χ3v) is 4.84. The fourth-order valence-corrected chi connectivity index (χ4v) is 4.00. The van der Waals surface area contributed by atoms with Crippen LogP contribution in [0.4, 0.5) is 0 Å². The first-order chi connectivity index (χ1) is 9.29. The molecule has 2 atom stereocenters. The van der Waals surface area contributed by atoms with Crippen molar-refractivity contribution in [3.63, 3.8) is 0 Å². The summed E-state index contributed by atoms with van der Waals surface area (Å²) in [5, 5.41) is 12.4. The SMILES string of the molecule is CCC12c3ccccc3CC(c3ccccc31)N2O. The Bertz CT molecular complexity index is 638. The highest BCUT2D eigenvalue weighted by Gasteiger charge is 2.53. The summed E-state index contributed by atoms with van der Waals surface area (Å²) in [5.41, 5.74) is 4.84. The Morgan fingerprint density at radius 2 is 1.79 bits per heavy atom. The zero-order valence-corrected chi connectivity index (χ0v) is 11.0. The second kappa shape index (κ2) is 3.69. The average Bonchev–Trinajstić information content (AvgIpc) is 2.63. The molecule has 0 amide bonds. The Labute approximate surface area is 113 Å². The molecule has 0 fully saturated rings. The second-order valence-corrected chi connectivity index (χ2v) is 5.52. The summed E-state index contributed by atoms with van der Waals surface area (Å²) in [6.45, 7) is 2.16. The minimum Gasteiger partial charge on any atom is -0.312 e. The van der Waals surface area contributed by atoms with Crippen LogP contribution < -0.4 is 0 Å². The first kappa shape index (κ1) is 11.2. The molecular weight excluding hydrogens is 234 g/mol. The Morgan fingerprint density at radius 1 is 1.11 bits per heavy atom. The quantitative estimate of drug-likeness (QED) is 0.836. The Balaban J connectivity index is 2.09. The molecule has 2 aliphatic rings. The van der Waals surface area contributed by atoms with E-state index in [1.165, 1.54) is 22.3 Å². The monoisotopic (exact) mass is 251 g/mol. The van der Waals surface area contributed by atoms with Crippen LogP contribution in [0.5, 0.6) is 0 Å². The van der Waals surface area contributed by atoms with E-state index in [1.54, 1.807) is 5.06 Å². The van der Waals surface area contributed by atoms with Crippen molar-refractivity contribution in [2.24, 2.45) is 0 Å². The molecule has 2 unspecified atom stereocenters. The molecule has 19 heavy (non-hydrogen) atoms. The molecule has 4 rings (SSSR count). The second-order valence-electron chi connectivity index (χ2n) is 5.52. The summed E-state index contributed by atoms with van der Waals surface area (Å²) in [6.07, 6.45) is 1.78. The molecule has 0 spiro atoms. The van der Waals surface area contributed by atoms with Gasteiger partial charge in [-0.05, 0) is 35.1 Å². The van der Waals surface area contributed by atoms with Crippen LogP contribution in [0.1, 0.15) is 41.6 Å². The van der Waals surface area contributed by atoms with E-state index in [2.05, 4.69) is 55.5 Å². The first-order valence-corrected chi connectivity index (χ1v) is 6.95. The fourth-order valence-electron chi connectivity index (χ4n) is 4.00. The summed E-state index contributed by atoms with van der Waals surface area (Å²) in [5.74, 6) is 0. The average molecular weight is 251 g/mol. The third kappa shape index (κ3) is 1.18. The number of hydrogen-bond donors (Lipinski definition) is 1. The first-order valence-electron chi connectivity index (χ1n) is 6.95. The van der Waals surface area contributed by atoms with Gasteiger partial charge in [-0.15, -0.1) is 0 Å². The van der Waals surface area contributed by atoms with E-state index in [1.807, 2.05) is 0 Å². The van der Waals surface area contributed by atoms with Crippen molar-refractivity contribution in [1.82, 2.24) is 5.06 Å². The van der Waals surface area contributed by atoms with Crippen molar-refractivity contribution in [3.05, 3.63) is 70.8 Å². The van der Waals surface area contributed by atoms with Crippen LogP contribution in [-0.2, 0) is 12.0 Å². The molecule has 0 saturated heterocycles. The van der Waals surface area contributed by atoms with E-state index >= 15 is 0 Å². The van der Waals surface area contributed by atoms with Crippen LogP contribution in [0, 0.1) is 0 Å². The summed E-state index contributed by atoms with van der Waals surface area (Å²) < 4.78 is 0. The van der Waals surface area contributed by atoms with Gasteiger partial charge in [0.05, 0.1) is 11.6 Å². The van der Waals surface area contributed by atoms with E-state index < -0.39 is 0 Å². The molecule has 2 aromatic carbocycles. The molecule has 2 heterocycles. The lowest BCUT2D eigenvalue weighted by Crippen LogP contribution is -2.45. The molecule has 96 valence electrons. The van der Waals surface area contributed by atoms with Gasteiger partial charge in [-0.25, -0.2) is 0 Å². The number of hydroxylamine groups is 2. The fraction of sp³-hybridized carbons (Fsp3) is 0.294. The van der Waals surface area contributed by atoms with E-state index in [0.717, 1.165) is 12.8 Å². The van der Waals surface area contributed by atoms with Crippen LogP contribution in [0.15, 0.2) is 48.5 Å². The highest BCUT2D eigenvalue weighted by molar-refractivity contribution is 5.54. The molecule has 2 heteroatoms. The Kier molecular flexibility index (Phi) is 2.17. The van der Waals surface area contributed by atoms with Crippen LogP contribution >= 0.6 is 0 Å². The molecule has 0 aliphatic carbocycles. The van der Waals surface area contributed by atoms with Gasteiger partial charge in [0, 0.05) is 0 Å². The molecule has 2 aliphatic heterocycles. The van der Waals surface area contributed by atoms with Crippen molar-refractivity contribution < 1.29 is 5.21 Å². The maximum atomic E-state index is 10.8. The smallest absolute Gasteiger partial charge is 0.0968 e. The summed E-state index contributed by atoms with van der Waals surface area (Å²) >= 11 is 0. The predicted molar refractivity (Wildman–Crippen MR) is 74.0 cm³/mol. The molecule has 0 aromatic heterocycles. The van der Waals surface area contributed by atoms with Crippen molar-refractivity contribution in [2.75, 3.05) is 0 Å². The van der Waals surface area contributed by atoms with Gasteiger partial charge in [0.25, 0.3) is 0 Å². The molecule has 0 radical (unpaired) electrons. The van der Waals surface area contributed by atoms with E-state index in [-0.39, 0.29) is 11.6 Å². The lowest BCUT2D eigenvalue weighted by molar-refractivity contribution is -0.190. The zero-order chi connectivity index (χ0) is 13.0. The minimum absolute atomic E-state index is 0.103. The molecular formula is C17H17NO. The maximum Gasteiger partial charge on any atom is 0.0968 e. The van der Waals surface area contributed by atoms with Gasteiger partial charge in [0.15, 0.2) is 0 Å². The number of hydrogen-bond acceptors (Lipinski definition) is 2. The number of nitrogens with zero attached hydrogens (tertiary/aromatic N) is 1. The van der Waals surface area contributed by atoms with Gasteiger partial charge >= 0.3 is 0 Å². The van der Waals surface area contributed by atoms with Gasteiger partial charge in [0.1, 0.15) is 0 Å². The van der Waals surface area contributed by atoms with Crippen molar-refractivity contribution in [3.8, 4) is 0 Å². The van der Waals surface area contributed by atoms with Crippen molar-refractivity contribution in [1.29, 1.82) is 0 Å². The van der Waals surface area contributed by atoms with Crippen LogP contribution in [-0.4, -0.2) is 10.3 Å². The minimum atomic E-state index is -0.351. The van der Waals surface area contributed by atoms with Gasteiger partial charge in [-0.2, -0.15) is 5.06 Å². The predicted octanol–water partition coefficient (Wildman–Crippen LogP) is 3.64. The summed E-state index contributed by atoms with van der Waals surface area (Å²) in [7, 11) is 0. The molecule has 2 aromatic rings. The number of benzene rings is 2. The van der Waals surface area contributed by atoms with E-state index in [4.69, 9.17) is 0 Å². The van der Waals surface area contributed by atoms with Gasteiger partial charge in [0.2, 0.25) is 0 Å². The zero-order valence-electron chi connectivity index (χ0n) is 11.0. The maximum absolute atomic E-state index is 10.8. The Hall–Kier alpha value is -1.64. The molecule has 0 saturated carbocycles. The lowest BCUT2D eigenvalue weighted by atomic mass is 9.78. The van der Waals surface area contributed by atoms with Crippen LogP contribution in [0.2, 0.25) is 0 Å². The molecule has 1 N–H and O–H groups in total. The standard InChI is InChI=1S/C17H17NO/c1-2-17-14-9-5-3-7-12(14)11-16(18(17)19)13-8-4-6-10-15(13)17/h3-10,16,19H,2,11H2,1H3. The normalized spacial score (nSPS) is 28.0. The summed E-state index contributed by atoms with van der Waals surface area (Å²) in [6, 6.07) is 17.1. The third-order valence-electron chi connectivity index (χ3n) is 4.84. The lowest BCUT2D eigenvalue weighted by Gasteiger charge is -2.42. The largest absolute Gasteiger partial charge is 0.312 e. The Morgan fingerprint density at radius 3 is 2.58 bits per heavy atom. The van der Waals surface area contributed by atoms with Gasteiger partial charge in [-0.1, -0.05) is 55.5 Å².